The van der Waals surface area contributed by atoms with Gasteiger partial charge in [-0.2, -0.15) is 4.31 Å². The van der Waals surface area contributed by atoms with Gasteiger partial charge in [0.15, 0.2) is 0 Å². The van der Waals surface area contributed by atoms with Gasteiger partial charge in [0, 0.05) is 25.4 Å². The molecule has 0 atom stereocenters. The van der Waals surface area contributed by atoms with Crippen molar-refractivity contribution < 1.29 is 13.2 Å². The molecule has 6 heteroatoms. The lowest BCUT2D eigenvalue weighted by molar-refractivity contribution is 0.214. The van der Waals surface area contributed by atoms with E-state index < -0.39 is 10.0 Å². The SMILES string of the molecule is COCCS(=O)(=O)N(Cc1ccccc1N)C(C)C. The molecule has 0 saturated heterocycles. The minimum atomic E-state index is -3.35. The highest BCUT2D eigenvalue weighted by atomic mass is 32.2. The summed E-state index contributed by atoms with van der Waals surface area (Å²) in [7, 11) is -1.86. The van der Waals surface area contributed by atoms with E-state index in [1.165, 1.54) is 11.4 Å². The lowest BCUT2D eigenvalue weighted by Gasteiger charge is -2.26. The number of nitrogen functional groups attached to an aromatic ring is 1. The Morgan fingerprint density at radius 3 is 2.47 bits per heavy atom. The van der Waals surface area contributed by atoms with Crippen LogP contribution in [0.25, 0.3) is 0 Å². The van der Waals surface area contributed by atoms with Crippen LogP contribution in [0.15, 0.2) is 24.3 Å². The van der Waals surface area contributed by atoms with E-state index in [1.54, 1.807) is 6.07 Å². The molecule has 5 nitrogen and oxygen atoms in total. The number of rotatable bonds is 7. The molecule has 0 bridgehead atoms. The van der Waals surface area contributed by atoms with Crippen LogP contribution in [-0.2, 0) is 21.3 Å². The predicted molar refractivity (Wildman–Crippen MR) is 77.2 cm³/mol. The topological polar surface area (TPSA) is 72.6 Å². The minimum absolute atomic E-state index is 0.0194. The molecule has 1 aromatic carbocycles. The number of hydrogen-bond acceptors (Lipinski definition) is 4. The molecule has 0 aliphatic rings. The van der Waals surface area contributed by atoms with Crippen molar-refractivity contribution in [3.05, 3.63) is 29.8 Å². The molecular weight excluding hydrogens is 264 g/mol. The van der Waals surface area contributed by atoms with Gasteiger partial charge in [-0.1, -0.05) is 18.2 Å². The predicted octanol–water partition coefficient (Wildman–Crippen LogP) is 1.46. The maximum Gasteiger partial charge on any atom is 0.216 e. The molecule has 0 aliphatic heterocycles. The molecule has 0 aromatic heterocycles. The number of nitrogens with two attached hydrogens (primary N) is 1. The van der Waals surface area contributed by atoms with Crippen molar-refractivity contribution in [2.24, 2.45) is 0 Å². The molecule has 1 rings (SSSR count). The molecule has 0 radical (unpaired) electrons. The summed E-state index contributed by atoms with van der Waals surface area (Å²) < 4.78 is 30.8. The third-order valence-electron chi connectivity index (χ3n) is 2.86. The number of sulfonamides is 1. The summed E-state index contributed by atoms with van der Waals surface area (Å²) in [5, 5.41) is 0. The number of benzene rings is 1. The van der Waals surface area contributed by atoms with Crippen molar-refractivity contribution >= 4 is 15.7 Å². The third-order valence-corrected chi connectivity index (χ3v) is 4.81. The first kappa shape index (κ1) is 15.9. The number of nitrogens with zero attached hydrogens (tertiary/aromatic N) is 1. The van der Waals surface area contributed by atoms with Crippen molar-refractivity contribution in [1.29, 1.82) is 0 Å². The first-order valence-electron chi connectivity index (χ1n) is 6.20. The van der Waals surface area contributed by atoms with Gasteiger partial charge < -0.3 is 10.5 Å². The second-order valence-electron chi connectivity index (χ2n) is 4.65. The smallest absolute Gasteiger partial charge is 0.216 e. The van der Waals surface area contributed by atoms with Crippen molar-refractivity contribution in [2.45, 2.75) is 26.4 Å². The largest absolute Gasteiger partial charge is 0.398 e. The van der Waals surface area contributed by atoms with Crippen LogP contribution in [0, 0.1) is 0 Å². The van der Waals surface area contributed by atoms with Crippen molar-refractivity contribution in [3.63, 3.8) is 0 Å². The zero-order valence-corrected chi connectivity index (χ0v) is 12.5. The Morgan fingerprint density at radius 2 is 1.95 bits per heavy atom. The van der Waals surface area contributed by atoms with Crippen molar-refractivity contribution in [3.8, 4) is 0 Å². The Hall–Kier alpha value is -1.11. The van der Waals surface area contributed by atoms with Crippen LogP contribution in [0.2, 0.25) is 0 Å². The second kappa shape index (κ2) is 6.88. The van der Waals surface area contributed by atoms with Crippen LogP contribution < -0.4 is 5.73 Å². The number of anilines is 1. The molecule has 0 heterocycles. The van der Waals surface area contributed by atoms with E-state index in [2.05, 4.69) is 0 Å². The fourth-order valence-electron chi connectivity index (χ4n) is 1.75. The van der Waals surface area contributed by atoms with E-state index in [9.17, 15) is 8.42 Å². The van der Waals surface area contributed by atoms with Crippen molar-refractivity contribution in [2.75, 3.05) is 25.2 Å². The quantitative estimate of drug-likeness (QED) is 0.770. The average Bonchev–Trinajstić information content (AvgIpc) is 2.34. The first-order valence-corrected chi connectivity index (χ1v) is 7.81. The highest BCUT2D eigenvalue weighted by molar-refractivity contribution is 7.89. The number of para-hydroxylation sites is 1. The van der Waals surface area contributed by atoms with E-state index in [4.69, 9.17) is 10.5 Å². The molecule has 0 aliphatic carbocycles. The van der Waals surface area contributed by atoms with E-state index in [-0.39, 0.29) is 24.9 Å². The fraction of sp³-hybridized carbons (Fsp3) is 0.538. The molecule has 2 N–H and O–H groups in total. The van der Waals surface area contributed by atoms with Gasteiger partial charge in [0.2, 0.25) is 10.0 Å². The highest BCUT2D eigenvalue weighted by Gasteiger charge is 2.25. The molecule has 19 heavy (non-hydrogen) atoms. The van der Waals surface area contributed by atoms with Gasteiger partial charge in [-0.15, -0.1) is 0 Å². The Balaban J connectivity index is 2.94. The van der Waals surface area contributed by atoms with Gasteiger partial charge in [-0.25, -0.2) is 8.42 Å². The van der Waals surface area contributed by atoms with E-state index in [0.717, 1.165) is 5.56 Å². The molecular formula is C13H22N2O3S. The van der Waals surface area contributed by atoms with E-state index in [1.807, 2.05) is 32.0 Å². The molecule has 0 unspecified atom stereocenters. The zero-order valence-electron chi connectivity index (χ0n) is 11.7. The lowest BCUT2D eigenvalue weighted by Crippen LogP contribution is -2.39. The number of ether oxygens (including phenoxy) is 1. The molecule has 108 valence electrons. The van der Waals surface area contributed by atoms with E-state index >= 15 is 0 Å². The monoisotopic (exact) mass is 286 g/mol. The summed E-state index contributed by atoms with van der Waals surface area (Å²) in [6.45, 7) is 4.18. The van der Waals surface area contributed by atoms with E-state index in [0.29, 0.717) is 5.69 Å². The summed E-state index contributed by atoms with van der Waals surface area (Å²) in [4.78, 5) is 0. The van der Waals surface area contributed by atoms with Gasteiger partial charge in [0.1, 0.15) is 0 Å². The van der Waals surface area contributed by atoms with Crippen LogP contribution in [0.1, 0.15) is 19.4 Å². The van der Waals surface area contributed by atoms with Crippen LogP contribution in [0.3, 0.4) is 0 Å². The minimum Gasteiger partial charge on any atom is -0.398 e. The maximum absolute atomic E-state index is 12.3. The standard InChI is InChI=1S/C13H22N2O3S/c1-11(2)15(19(16,17)9-8-18-3)10-12-6-4-5-7-13(12)14/h4-7,11H,8-10,14H2,1-3H3. The van der Waals surface area contributed by atoms with Gasteiger partial charge >= 0.3 is 0 Å². The number of hydrogen-bond donors (Lipinski definition) is 1. The van der Waals surface area contributed by atoms with Crippen LogP contribution in [0.5, 0.6) is 0 Å². The first-order chi connectivity index (χ1) is 8.88. The zero-order chi connectivity index (χ0) is 14.5. The molecule has 0 fully saturated rings. The fourth-order valence-corrected chi connectivity index (χ4v) is 3.34. The van der Waals surface area contributed by atoms with Crippen LogP contribution in [0.4, 0.5) is 5.69 Å². The summed E-state index contributed by atoms with van der Waals surface area (Å²) in [5.74, 6) is -0.0194. The van der Waals surface area contributed by atoms with Crippen molar-refractivity contribution in [1.82, 2.24) is 4.31 Å². The summed E-state index contributed by atoms with van der Waals surface area (Å²) in [5.41, 5.74) is 7.29. The Bertz CT molecular complexity index is 500. The Kier molecular flexibility index (Phi) is 5.78. The molecule has 0 amide bonds. The van der Waals surface area contributed by atoms with Gasteiger partial charge in [0.05, 0.1) is 12.4 Å². The third kappa shape index (κ3) is 4.49. The number of methoxy groups -OCH3 is 1. The van der Waals surface area contributed by atoms with Crippen LogP contribution >= 0.6 is 0 Å². The Morgan fingerprint density at radius 1 is 1.32 bits per heavy atom. The van der Waals surface area contributed by atoms with Gasteiger partial charge in [-0.05, 0) is 25.5 Å². The highest BCUT2D eigenvalue weighted by Crippen LogP contribution is 2.18. The maximum atomic E-state index is 12.3. The normalized spacial score (nSPS) is 12.3. The molecule has 0 spiro atoms. The molecule has 1 aromatic rings. The average molecular weight is 286 g/mol. The van der Waals surface area contributed by atoms with Gasteiger partial charge in [0.25, 0.3) is 0 Å². The summed E-state index contributed by atoms with van der Waals surface area (Å²) >= 11 is 0. The summed E-state index contributed by atoms with van der Waals surface area (Å²) in [6, 6.07) is 7.18. The molecule has 0 saturated carbocycles. The van der Waals surface area contributed by atoms with Gasteiger partial charge in [-0.3, -0.25) is 0 Å². The Labute approximate surface area is 115 Å². The summed E-state index contributed by atoms with van der Waals surface area (Å²) in [6.07, 6.45) is 0. The second-order valence-corrected chi connectivity index (χ2v) is 6.69. The van der Waals surface area contributed by atoms with Crippen LogP contribution in [-0.4, -0.2) is 38.2 Å². The lowest BCUT2D eigenvalue weighted by atomic mass is 10.2.